The Kier molecular flexibility index (Phi) is 7.29. The van der Waals surface area contributed by atoms with Crippen molar-refractivity contribution < 1.29 is 4.79 Å². The SMILES string of the molecule is N=C(c1ccc(CNc2ccccc2C(=O)Nc2ccc(Cl)cn2)cc1)N1CCSCC1. The maximum atomic E-state index is 12.7. The summed E-state index contributed by atoms with van der Waals surface area (Å²) in [5, 5.41) is 15.1. The molecule has 0 atom stereocenters. The zero-order chi connectivity index (χ0) is 22.3. The molecule has 0 radical (unpaired) electrons. The first-order valence-electron chi connectivity index (χ1n) is 10.4. The number of halogens is 1. The van der Waals surface area contributed by atoms with Crippen LogP contribution in [0.25, 0.3) is 0 Å². The van der Waals surface area contributed by atoms with Crippen LogP contribution in [-0.4, -0.2) is 46.2 Å². The molecule has 164 valence electrons. The number of hydrogen-bond acceptors (Lipinski definition) is 5. The van der Waals surface area contributed by atoms with Gasteiger partial charge in [0.05, 0.1) is 10.6 Å². The molecule has 1 amide bonds. The second-order valence-corrected chi connectivity index (χ2v) is 9.02. The van der Waals surface area contributed by atoms with Gasteiger partial charge < -0.3 is 15.5 Å². The number of benzene rings is 2. The van der Waals surface area contributed by atoms with Crippen molar-refractivity contribution in [3.63, 3.8) is 0 Å². The summed E-state index contributed by atoms with van der Waals surface area (Å²) < 4.78 is 0. The van der Waals surface area contributed by atoms with Crippen LogP contribution in [-0.2, 0) is 6.54 Å². The fourth-order valence-corrected chi connectivity index (χ4v) is 4.43. The van der Waals surface area contributed by atoms with Crippen molar-refractivity contribution in [1.29, 1.82) is 5.41 Å². The minimum atomic E-state index is -0.244. The third kappa shape index (κ3) is 5.60. The molecule has 0 bridgehead atoms. The first-order chi connectivity index (χ1) is 15.6. The molecule has 1 aromatic heterocycles. The zero-order valence-electron chi connectivity index (χ0n) is 17.5. The number of nitrogens with one attached hydrogen (secondary N) is 3. The Bertz CT molecular complexity index is 1080. The van der Waals surface area contributed by atoms with Gasteiger partial charge in [0.1, 0.15) is 11.7 Å². The largest absolute Gasteiger partial charge is 0.380 e. The summed E-state index contributed by atoms with van der Waals surface area (Å²) in [6.45, 7) is 2.42. The molecule has 2 heterocycles. The Morgan fingerprint density at radius 3 is 2.53 bits per heavy atom. The van der Waals surface area contributed by atoms with Gasteiger partial charge in [-0.15, -0.1) is 0 Å². The van der Waals surface area contributed by atoms with E-state index in [9.17, 15) is 4.79 Å². The fraction of sp³-hybridized carbons (Fsp3) is 0.208. The van der Waals surface area contributed by atoms with Crippen LogP contribution < -0.4 is 10.6 Å². The van der Waals surface area contributed by atoms with E-state index in [0.717, 1.165) is 41.4 Å². The normalized spacial score (nSPS) is 13.5. The lowest BCUT2D eigenvalue weighted by molar-refractivity contribution is 0.102. The minimum absolute atomic E-state index is 0.244. The number of thioether (sulfide) groups is 1. The Morgan fingerprint density at radius 1 is 1.06 bits per heavy atom. The Balaban J connectivity index is 1.39. The Labute approximate surface area is 196 Å². The summed E-state index contributed by atoms with van der Waals surface area (Å²) in [5.74, 6) is 2.94. The molecule has 32 heavy (non-hydrogen) atoms. The van der Waals surface area contributed by atoms with Gasteiger partial charge in [0.15, 0.2) is 0 Å². The van der Waals surface area contributed by atoms with Crippen molar-refractivity contribution in [1.82, 2.24) is 9.88 Å². The fourth-order valence-electron chi connectivity index (χ4n) is 3.42. The van der Waals surface area contributed by atoms with Crippen molar-refractivity contribution in [3.05, 3.63) is 88.6 Å². The highest BCUT2D eigenvalue weighted by molar-refractivity contribution is 7.99. The standard InChI is InChI=1S/C24H24ClN5OS/c25-19-9-10-22(28-16-19)29-24(31)20-3-1-2-4-21(20)27-15-17-5-7-18(8-6-17)23(26)30-11-13-32-14-12-30/h1-10,16,26-27H,11-15H2,(H,28,29,31). The smallest absolute Gasteiger partial charge is 0.258 e. The topological polar surface area (TPSA) is 81.1 Å². The third-order valence-corrected chi connectivity index (χ3v) is 6.34. The number of anilines is 2. The Morgan fingerprint density at radius 2 is 1.81 bits per heavy atom. The molecular formula is C24H24ClN5OS. The number of nitrogens with zero attached hydrogens (tertiary/aromatic N) is 2. The van der Waals surface area contributed by atoms with E-state index < -0.39 is 0 Å². The van der Waals surface area contributed by atoms with Crippen molar-refractivity contribution >= 4 is 46.6 Å². The quantitative estimate of drug-likeness (QED) is 0.353. The van der Waals surface area contributed by atoms with Crippen LogP contribution in [0.1, 0.15) is 21.5 Å². The van der Waals surface area contributed by atoms with Gasteiger partial charge in [-0.3, -0.25) is 10.2 Å². The minimum Gasteiger partial charge on any atom is -0.380 e. The summed E-state index contributed by atoms with van der Waals surface area (Å²) in [4.78, 5) is 19.0. The van der Waals surface area contributed by atoms with Gasteiger partial charge in [0, 0.05) is 48.6 Å². The highest BCUT2D eigenvalue weighted by atomic mass is 35.5. The summed E-state index contributed by atoms with van der Waals surface area (Å²) in [6.07, 6.45) is 1.49. The monoisotopic (exact) mass is 465 g/mol. The van der Waals surface area contributed by atoms with Crippen molar-refractivity contribution in [3.8, 4) is 0 Å². The molecule has 4 rings (SSSR count). The molecule has 1 saturated heterocycles. The van der Waals surface area contributed by atoms with Crippen LogP contribution in [0.15, 0.2) is 66.9 Å². The molecule has 8 heteroatoms. The summed E-state index contributed by atoms with van der Waals surface area (Å²) in [7, 11) is 0. The van der Waals surface area contributed by atoms with Crippen molar-refractivity contribution in [2.24, 2.45) is 0 Å². The van der Waals surface area contributed by atoms with E-state index in [-0.39, 0.29) is 5.91 Å². The van der Waals surface area contributed by atoms with Crippen LogP contribution in [0.3, 0.4) is 0 Å². The highest BCUT2D eigenvalue weighted by Gasteiger charge is 2.15. The third-order valence-electron chi connectivity index (χ3n) is 5.18. The number of hydrogen-bond donors (Lipinski definition) is 3. The van der Waals surface area contributed by atoms with Gasteiger partial charge in [-0.1, -0.05) is 48.0 Å². The number of para-hydroxylation sites is 1. The summed E-state index contributed by atoms with van der Waals surface area (Å²) in [6, 6.07) is 18.7. The van der Waals surface area contributed by atoms with E-state index in [2.05, 4.69) is 20.5 Å². The number of amides is 1. The number of aromatic nitrogens is 1. The lowest BCUT2D eigenvalue weighted by Gasteiger charge is -2.28. The van der Waals surface area contributed by atoms with E-state index in [1.165, 1.54) is 6.20 Å². The average molecular weight is 466 g/mol. The van der Waals surface area contributed by atoms with Crippen LogP contribution in [0.4, 0.5) is 11.5 Å². The summed E-state index contributed by atoms with van der Waals surface area (Å²) in [5.41, 5.74) is 3.27. The van der Waals surface area contributed by atoms with Gasteiger partial charge >= 0.3 is 0 Å². The van der Waals surface area contributed by atoms with Gasteiger partial charge in [0.2, 0.25) is 0 Å². The molecule has 1 fully saturated rings. The molecule has 1 aliphatic heterocycles. The molecule has 0 aliphatic carbocycles. The predicted molar refractivity (Wildman–Crippen MR) is 133 cm³/mol. The number of carbonyl (C=O) groups is 1. The predicted octanol–water partition coefficient (Wildman–Crippen LogP) is 4.97. The maximum absolute atomic E-state index is 12.7. The summed E-state index contributed by atoms with van der Waals surface area (Å²) >= 11 is 7.79. The van der Waals surface area contributed by atoms with E-state index in [0.29, 0.717) is 28.8 Å². The molecule has 2 aromatic carbocycles. The van der Waals surface area contributed by atoms with Crippen LogP contribution >= 0.6 is 23.4 Å². The molecule has 1 aliphatic rings. The Hall–Kier alpha value is -3.03. The van der Waals surface area contributed by atoms with Crippen molar-refractivity contribution in [2.75, 3.05) is 35.2 Å². The number of pyridine rings is 1. The van der Waals surface area contributed by atoms with Crippen LogP contribution in [0.2, 0.25) is 5.02 Å². The zero-order valence-corrected chi connectivity index (χ0v) is 19.0. The lowest BCUT2D eigenvalue weighted by atomic mass is 10.1. The number of amidine groups is 1. The van der Waals surface area contributed by atoms with E-state index >= 15 is 0 Å². The molecule has 0 unspecified atom stereocenters. The van der Waals surface area contributed by atoms with Gasteiger partial charge in [-0.05, 0) is 29.8 Å². The van der Waals surface area contributed by atoms with E-state index in [1.54, 1.807) is 18.2 Å². The molecule has 3 N–H and O–H groups in total. The molecular weight excluding hydrogens is 442 g/mol. The highest BCUT2D eigenvalue weighted by Crippen LogP contribution is 2.19. The first-order valence-corrected chi connectivity index (χ1v) is 11.9. The molecule has 6 nitrogen and oxygen atoms in total. The van der Waals surface area contributed by atoms with Gasteiger partial charge in [-0.25, -0.2) is 4.98 Å². The second-order valence-electron chi connectivity index (χ2n) is 7.36. The van der Waals surface area contributed by atoms with Crippen LogP contribution in [0.5, 0.6) is 0 Å². The van der Waals surface area contributed by atoms with Gasteiger partial charge in [0.25, 0.3) is 5.91 Å². The second kappa shape index (κ2) is 10.5. The first kappa shape index (κ1) is 22.2. The van der Waals surface area contributed by atoms with E-state index in [4.69, 9.17) is 17.0 Å². The molecule has 3 aromatic rings. The molecule has 0 spiro atoms. The maximum Gasteiger partial charge on any atom is 0.258 e. The average Bonchev–Trinajstić information content (AvgIpc) is 2.85. The van der Waals surface area contributed by atoms with Gasteiger partial charge in [-0.2, -0.15) is 11.8 Å². The number of rotatable bonds is 6. The molecule has 0 saturated carbocycles. The van der Waals surface area contributed by atoms with Crippen molar-refractivity contribution in [2.45, 2.75) is 6.54 Å². The lowest BCUT2D eigenvalue weighted by Crippen LogP contribution is -2.37. The van der Waals surface area contributed by atoms with E-state index in [1.807, 2.05) is 54.2 Å². The van der Waals surface area contributed by atoms with Crippen LogP contribution in [0, 0.1) is 5.41 Å². The number of carbonyl (C=O) groups excluding carboxylic acids is 1.